The predicted molar refractivity (Wildman–Crippen MR) is 89.2 cm³/mol. The summed E-state index contributed by atoms with van der Waals surface area (Å²) >= 11 is 0. The molecule has 2 heterocycles. The lowest BCUT2D eigenvalue weighted by molar-refractivity contribution is -0.127. The molecular formula is C17H31N3O3. The minimum absolute atomic E-state index is 0.0955. The van der Waals surface area contributed by atoms with Gasteiger partial charge in [0, 0.05) is 32.2 Å². The molecule has 0 aromatic carbocycles. The summed E-state index contributed by atoms with van der Waals surface area (Å²) in [5.74, 6) is 0.00904. The van der Waals surface area contributed by atoms with Crippen molar-refractivity contribution < 1.29 is 14.3 Å². The van der Waals surface area contributed by atoms with Crippen LogP contribution < -0.4 is 5.32 Å². The Balaban J connectivity index is 1.76. The van der Waals surface area contributed by atoms with Crippen LogP contribution in [-0.2, 0) is 9.53 Å². The summed E-state index contributed by atoms with van der Waals surface area (Å²) in [7, 11) is 0. The van der Waals surface area contributed by atoms with Gasteiger partial charge in [0.1, 0.15) is 0 Å². The molecule has 1 atom stereocenters. The minimum atomic E-state index is -0.294. The number of carbonyl (C=O) groups is 2. The van der Waals surface area contributed by atoms with Gasteiger partial charge in [0.05, 0.1) is 12.5 Å². The fourth-order valence-corrected chi connectivity index (χ4v) is 3.51. The highest BCUT2D eigenvalue weighted by atomic mass is 16.6. The van der Waals surface area contributed by atoms with E-state index in [-0.39, 0.29) is 24.0 Å². The molecule has 2 aliphatic rings. The van der Waals surface area contributed by atoms with Crippen molar-refractivity contribution in [2.75, 3.05) is 39.3 Å². The number of piperidine rings is 2. The zero-order chi connectivity index (χ0) is 16.7. The maximum absolute atomic E-state index is 12.5. The van der Waals surface area contributed by atoms with Gasteiger partial charge in [0.2, 0.25) is 5.91 Å². The summed E-state index contributed by atoms with van der Waals surface area (Å²) < 4.78 is 5.04. The number of hydrogen-bond acceptors (Lipinski definition) is 4. The number of amides is 2. The third kappa shape index (κ3) is 5.37. The number of carbonyl (C=O) groups excluding carboxylic acids is 2. The van der Waals surface area contributed by atoms with E-state index in [2.05, 4.69) is 17.1 Å². The Morgan fingerprint density at radius 2 is 1.87 bits per heavy atom. The predicted octanol–water partition coefficient (Wildman–Crippen LogP) is 1.85. The van der Waals surface area contributed by atoms with Crippen molar-refractivity contribution in [3.63, 3.8) is 0 Å². The van der Waals surface area contributed by atoms with Gasteiger partial charge in [-0.25, -0.2) is 4.79 Å². The van der Waals surface area contributed by atoms with Crippen LogP contribution in [0.15, 0.2) is 0 Å². The highest BCUT2D eigenvalue weighted by Gasteiger charge is 2.30. The van der Waals surface area contributed by atoms with Gasteiger partial charge in [-0.1, -0.05) is 6.92 Å². The van der Waals surface area contributed by atoms with Crippen LogP contribution in [0.1, 0.15) is 46.0 Å². The second kappa shape index (κ2) is 9.11. The Bertz CT molecular complexity index is 395. The van der Waals surface area contributed by atoms with Crippen LogP contribution in [0.5, 0.6) is 0 Å². The van der Waals surface area contributed by atoms with Gasteiger partial charge >= 0.3 is 6.09 Å². The van der Waals surface area contributed by atoms with Gasteiger partial charge in [-0.2, -0.15) is 0 Å². The van der Waals surface area contributed by atoms with Crippen LogP contribution in [0.3, 0.4) is 0 Å². The van der Waals surface area contributed by atoms with Crippen molar-refractivity contribution in [3.8, 4) is 0 Å². The number of rotatable bonds is 5. The molecule has 0 aromatic rings. The van der Waals surface area contributed by atoms with E-state index in [1.165, 1.54) is 6.42 Å². The van der Waals surface area contributed by atoms with E-state index >= 15 is 0 Å². The molecule has 132 valence electrons. The molecule has 0 spiro atoms. The van der Waals surface area contributed by atoms with Crippen molar-refractivity contribution in [2.24, 2.45) is 5.92 Å². The summed E-state index contributed by atoms with van der Waals surface area (Å²) in [4.78, 5) is 28.4. The molecule has 0 bridgehead atoms. The maximum Gasteiger partial charge on any atom is 0.409 e. The van der Waals surface area contributed by atoms with Crippen LogP contribution in [-0.4, -0.2) is 67.2 Å². The van der Waals surface area contributed by atoms with E-state index in [0.29, 0.717) is 19.7 Å². The summed E-state index contributed by atoms with van der Waals surface area (Å²) in [6.45, 7) is 8.84. The first-order chi connectivity index (χ1) is 11.1. The third-order valence-corrected chi connectivity index (χ3v) is 4.79. The van der Waals surface area contributed by atoms with Gasteiger partial charge in [0.15, 0.2) is 0 Å². The first-order valence-electron chi connectivity index (χ1n) is 9.08. The van der Waals surface area contributed by atoms with Crippen molar-refractivity contribution in [1.29, 1.82) is 0 Å². The number of ether oxygens (including phenoxy) is 1. The summed E-state index contributed by atoms with van der Waals surface area (Å²) in [5.41, 5.74) is 0. The third-order valence-electron chi connectivity index (χ3n) is 4.79. The van der Waals surface area contributed by atoms with E-state index in [1.807, 2.05) is 0 Å². The number of likely N-dealkylation sites (tertiary alicyclic amines) is 2. The highest BCUT2D eigenvalue weighted by molar-refractivity contribution is 5.80. The molecule has 2 saturated heterocycles. The molecule has 2 fully saturated rings. The summed E-state index contributed by atoms with van der Waals surface area (Å²) in [6.07, 6.45) is 4.67. The minimum Gasteiger partial charge on any atom is -0.450 e. The molecule has 6 nitrogen and oxygen atoms in total. The number of nitrogens with one attached hydrogen (secondary N) is 1. The topological polar surface area (TPSA) is 61.9 Å². The Hall–Kier alpha value is -1.30. The van der Waals surface area contributed by atoms with E-state index in [4.69, 9.17) is 4.74 Å². The van der Waals surface area contributed by atoms with Crippen LogP contribution in [0.2, 0.25) is 0 Å². The smallest absolute Gasteiger partial charge is 0.409 e. The normalized spacial score (nSPS) is 23.6. The monoisotopic (exact) mass is 325 g/mol. The lowest BCUT2D eigenvalue weighted by Crippen LogP contribution is -2.50. The van der Waals surface area contributed by atoms with Crippen molar-refractivity contribution in [2.45, 2.75) is 52.0 Å². The average Bonchev–Trinajstić information content (AvgIpc) is 2.57. The SMILES string of the molecule is CCCN1CCC(NC(=O)C2CCCN(C(=O)OCC)C2)CC1. The number of hydrogen-bond donors (Lipinski definition) is 1. The van der Waals surface area contributed by atoms with E-state index in [0.717, 1.165) is 45.3 Å². The molecule has 2 amide bonds. The molecule has 0 aromatic heterocycles. The molecule has 2 aliphatic heterocycles. The quantitative estimate of drug-likeness (QED) is 0.838. The first kappa shape index (κ1) is 18.0. The van der Waals surface area contributed by atoms with E-state index in [9.17, 15) is 9.59 Å². The summed E-state index contributed by atoms with van der Waals surface area (Å²) in [6, 6.07) is 0.286. The summed E-state index contributed by atoms with van der Waals surface area (Å²) in [5, 5.41) is 3.20. The van der Waals surface area contributed by atoms with Crippen molar-refractivity contribution in [1.82, 2.24) is 15.1 Å². The molecule has 1 unspecified atom stereocenters. The first-order valence-corrected chi connectivity index (χ1v) is 9.08. The highest BCUT2D eigenvalue weighted by Crippen LogP contribution is 2.19. The maximum atomic E-state index is 12.5. The molecule has 0 radical (unpaired) electrons. The molecule has 2 rings (SSSR count). The second-order valence-corrected chi connectivity index (χ2v) is 6.61. The zero-order valence-electron chi connectivity index (χ0n) is 14.6. The second-order valence-electron chi connectivity index (χ2n) is 6.61. The van der Waals surface area contributed by atoms with Gasteiger partial charge in [-0.15, -0.1) is 0 Å². The van der Waals surface area contributed by atoms with Crippen LogP contribution in [0.4, 0.5) is 4.79 Å². The van der Waals surface area contributed by atoms with Crippen LogP contribution in [0.25, 0.3) is 0 Å². The molecule has 0 saturated carbocycles. The standard InChI is InChI=1S/C17H31N3O3/c1-3-9-19-11-7-15(8-12-19)18-16(21)14-6-5-10-20(13-14)17(22)23-4-2/h14-15H,3-13H2,1-2H3,(H,18,21). The molecule has 23 heavy (non-hydrogen) atoms. The van der Waals surface area contributed by atoms with Crippen LogP contribution in [0, 0.1) is 5.92 Å². The zero-order valence-corrected chi connectivity index (χ0v) is 14.6. The van der Waals surface area contributed by atoms with Gasteiger partial charge < -0.3 is 19.9 Å². The van der Waals surface area contributed by atoms with E-state index < -0.39 is 0 Å². The lowest BCUT2D eigenvalue weighted by atomic mass is 9.96. The largest absolute Gasteiger partial charge is 0.450 e. The molecule has 0 aliphatic carbocycles. The Labute approximate surface area is 139 Å². The fraction of sp³-hybridized carbons (Fsp3) is 0.882. The Morgan fingerprint density at radius 1 is 1.13 bits per heavy atom. The molecule has 6 heteroatoms. The van der Waals surface area contributed by atoms with Gasteiger partial charge in [0.25, 0.3) is 0 Å². The average molecular weight is 325 g/mol. The molecule has 1 N–H and O–H groups in total. The van der Waals surface area contributed by atoms with Crippen molar-refractivity contribution in [3.05, 3.63) is 0 Å². The van der Waals surface area contributed by atoms with E-state index in [1.54, 1.807) is 11.8 Å². The van der Waals surface area contributed by atoms with Gasteiger partial charge in [-0.05, 0) is 45.6 Å². The van der Waals surface area contributed by atoms with Gasteiger partial charge in [-0.3, -0.25) is 4.79 Å². The Morgan fingerprint density at radius 3 is 2.52 bits per heavy atom. The molecular weight excluding hydrogens is 294 g/mol. The Kier molecular flexibility index (Phi) is 7.15. The van der Waals surface area contributed by atoms with Crippen molar-refractivity contribution >= 4 is 12.0 Å². The number of nitrogens with zero attached hydrogens (tertiary/aromatic N) is 2. The fourth-order valence-electron chi connectivity index (χ4n) is 3.51. The van der Waals surface area contributed by atoms with Crippen LogP contribution >= 0.6 is 0 Å². The lowest BCUT2D eigenvalue weighted by Gasteiger charge is -2.35.